The summed E-state index contributed by atoms with van der Waals surface area (Å²) in [5.74, 6) is -0.909. The highest BCUT2D eigenvalue weighted by Gasteiger charge is 2.28. The number of carboxylic acids is 1. The molecule has 1 aliphatic rings. The van der Waals surface area contributed by atoms with E-state index in [0.717, 1.165) is 5.56 Å². The van der Waals surface area contributed by atoms with Gasteiger partial charge in [-0.15, -0.1) is 11.3 Å². The van der Waals surface area contributed by atoms with Crippen LogP contribution in [0.2, 0.25) is 0 Å². The number of hydrogen-bond acceptors (Lipinski definition) is 5. The Balaban J connectivity index is 1.91. The Morgan fingerprint density at radius 1 is 1.33 bits per heavy atom. The minimum absolute atomic E-state index is 0.332. The highest BCUT2D eigenvalue weighted by atomic mass is 32.2. The fourth-order valence-corrected chi connectivity index (χ4v) is 4.01. The van der Waals surface area contributed by atoms with Crippen LogP contribution in [-0.2, 0) is 16.8 Å². The van der Waals surface area contributed by atoms with Gasteiger partial charge < -0.3 is 5.11 Å². The van der Waals surface area contributed by atoms with Crippen LogP contribution in [0.15, 0.2) is 11.4 Å². The summed E-state index contributed by atoms with van der Waals surface area (Å²) in [6.07, 6.45) is 0. The number of thiophene rings is 1. The van der Waals surface area contributed by atoms with E-state index in [9.17, 15) is 13.2 Å². The van der Waals surface area contributed by atoms with Crippen molar-refractivity contribution in [2.24, 2.45) is 0 Å². The first-order chi connectivity index (χ1) is 9.80. The standard InChI is InChI=1S/C12H19N3O4S2/c1-13(2)21(18,19)15-5-3-14(4-6-15)8-10-7-11(12(16)17)20-9-10/h7,9H,3-6,8H2,1-2H3,(H,16,17). The minimum atomic E-state index is -3.34. The predicted octanol–water partition coefficient (Wildman–Crippen LogP) is 0.370. The number of carboxylic acid groups (broad SMARTS) is 1. The van der Waals surface area contributed by atoms with E-state index in [4.69, 9.17) is 5.11 Å². The summed E-state index contributed by atoms with van der Waals surface area (Å²) in [5, 5.41) is 10.7. The number of hydrogen-bond donors (Lipinski definition) is 1. The molecule has 1 aromatic heterocycles. The van der Waals surface area contributed by atoms with Gasteiger partial charge in [-0.1, -0.05) is 0 Å². The molecule has 0 aromatic carbocycles. The van der Waals surface area contributed by atoms with Crippen LogP contribution in [-0.4, -0.2) is 73.3 Å². The molecule has 2 rings (SSSR count). The lowest BCUT2D eigenvalue weighted by Crippen LogP contribution is -2.51. The van der Waals surface area contributed by atoms with Crippen LogP contribution in [0.1, 0.15) is 15.2 Å². The summed E-state index contributed by atoms with van der Waals surface area (Å²) in [4.78, 5) is 13.3. The van der Waals surface area contributed by atoms with E-state index in [-0.39, 0.29) is 0 Å². The van der Waals surface area contributed by atoms with Crippen LogP contribution >= 0.6 is 11.3 Å². The molecule has 0 aliphatic carbocycles. The maximum absolute atomic E-state index is 12.0. The molecule has 0 atom stereocenters. The second-order valence-corrected chi connectivity index (χ2v) is 8.14. The van der Waals surface area contributed by atoms with Gasteiger partial charge in [-0.25, -0.2) is 4.79 Å². The molecule has 118 valence electrons. The molecule has 1 fully saturated rings. The molecule has 1 aromatic rings. The Labute approximate surface area is 128 Å². The largest absolute Gasteiger partial charge is 0.477 e. The predicted molar refractivity (Wildman–Crippen MR) is 80.7 cm³/mol. The summed E-state index contributed by atoms with van der Waals surface area (Å²) in [5.41, 5.74) is 0.960. The van der Waals surface area contributed by atoms with Gasteiger partial charge in [0.15, 0.2) is 0 Å². The first-order valence-electron chi connectivity index (χ1n) is 6.51. The molecule has 0 spiro atoms. The molecular weight excluding hydrogens is 314 g/mol. The highest BCUT2D eigenvalue weighted by molar-refractivity contribution is 7.86. The average Bonchev–Trinajstić information content (AvgIpc) is 2.88. The Hall–Kier alpha value is -1.00. The van der Waals surface area contributed by atoms with Crippen molar-refractivity contribution < 1.29 is 18.3 Å². The molecule has 21 heavy (non-hydrogen) atoms. The third-order valence-corrected chi connectivity index (χ3v) is 6.30. The van der Waals surface area contributed by atoms with Gasteiger partial charge in [-0.05, 0) is 17.0 Å². The summed E-state index contributed by atoms with van der Waals surface area (Å²) in [6, 6.07) is 1.68. The SMILES string of the molecule is CN(C)S(=O)(=O)N1CCN(Cc2csc(C(=O)O)c2)CC1. The number of carbonyl (C=O) groups is 1. The lowest BCUT2D eigenvalue weighted by atomic mass is 10.2. The first kappa shape index (κ1) is 16.4. The Morgan fingerprint density at radius 3 is 2.43 bits per heavy atom. The fourth-order valence-electron chi connectivity index (χ4n) is 2.18. The topological polar surface area (TPSA) is 81.2 Å². The van der Waals surface area contributed by atoms with E-state index in [1.165, 1.54) is 34.0 Å². The third kappa shape index (κ3) is 3.80. The zero-order valence-corrected chi connectivity index (χ0v) is 13.7. The number of rotatable bonds is 5. The molecule has 1 aliphatic heterocycles. The van der Waals surface area contributed by atoms with Crippen molar-refractivity contribution in [1.29, 1.82) is 0 Å². The molecular formula is C12H19N3O4S2. The van der Waals surface area contributed by atoms with E-state index in [2.05, 4.69) is 4.90 Å². The van der Waals surface area contributed by atoms with Gasteiger partial charge in [-0.3, -0.25) is 4.90 Å². The van der Waals surface area contributed by atoms with E-state index < -0.39 is 16.2 Å². The van der Waals surface area contributed by atoms with E-state index >= 15 is 0 Å². The molecule has 1 saturated heterocycles. The lowest BCUT2D eigenvalue weighted by molar-refractivity contribution is 0.0702. The minimum Gasteiger partial charge on any atom is -0.477 e. The zero-order chi connectivity index (χ0) is 15.6. The van der Waals surface area contributed by atoms with Crippen LogP contribution in [0.4, 0.5) is 0 Å². The van der Waals surface area contributed by atoms with Crippen molar-refractivity contribution >= 4 is 27.5 Å². The Bertz CT molecular complexity index is 604. The lowest BCUT2D eigenvalue weighted by Gasteiger charge is -2.34. The molecule has 9 heteroatoms. The van der Waals surface area contributed by atoms with E-state index in [1.54, 1.807) is 6.07 Å². The maximum Gasteiger partial charge on any atom is 0.345 e. The summed E-state index contributed by atoms with van der Waals surface area (Å²) < 4.78 is 26.7. The second-order valence-electron chi connectivity index (χ2n) is 5.09. The van der Waals surface area contributed by atoms with Crippen LogP contribution in [0, 0.1) is 0 Å². The van der Waals surface area contributed by atoms with Gasteiger partial charge in [-0.2, -0.15) is 17.0 Å². The monoisotopic (exact) mass is 333 g/mol. The molecule has 0 saturated carbocycles. The Kier molecular flexibility index (Phi) is 4.99. The van der Waals surface area contributed by atoms with Crippen LogP contribution in [0.3, 0.4) is 0 Å². The van der Waals surface area contributed by atoms with Crippen molar-refractivity contribution in [1.82, 2.24) is 13.5 Å². The van der Waals surface area contributed by atoms with Crippen molar-refractivity contribution in [3.8, 4) is 0 Å². The molecule has 0 unspecified atom stereocenters. The van der Waals surface area contributed by atoms with Gasteiger partial charge in [0.1, 0.15) is 4.88 Å². The molecule has 1 N–H and O–H groups in total. The van der Waals surface area contributed by atoms with Gasteiger partial charge in [0.25, 0.3) is 10.2 Å². The van der Waals surface area contributed by atoms with Gasteiger partial charge >= 0.3 is 5.97 Å². The fraction of sp³-hybridized carbons (Fsp3) is 0.583. The molecule has 0 radical (unpaired) electrons. The van der Waals surface area contributed by atoms with Crippen molar-refractivity contribution in [2.75, 3.05) is 40.3 Å². The first-order valence-corrected chi connectivity index (χ1v) is 8.79. The van der Waals surface area contributed by atoms with Gasteiger partial charge in [0.2, 0.25) is 0 Å². The van der Waals surface area contributed by atoms with Crippen LogP contribution in [0.5, 0.6) is 0 Å². The van der Waals surface area contributed by atoms with Crippen molar-refractivity contribution in [2.45, 2.75) is 6.54 Å². The normalized spacial score (nSPS) is 18.2. The second kappa shape index (κ2) is 6.41. The molecule has 0 bridgehead atoms. The molecule has 7 nitrogen and oxygen atoms in total. The summed E-state index contributed by atoms with van der Waals surface area (Å²) in [6.45, 7) is 2.85. The van der Waals surface area contributed by atoms with Crippen LogP contribution < -0.4 is 0 Å². The van der Waals surface area contributed by atoms with E-state index in [0.29, 0.717) is 37.6 Å². The van der Waals surface area contributed by atoms with Gasteiger partial charge in [0.05, 0.1) is 0 Å². The highest BCUT2D eigenvalue weighted by Crippen LogP contribution is 2.18. The van der Waals surface area contributed by atoms with Gasteiger partial charge in [0, 0.05) is 46.8 Å². The molecule has 0 amide bonds. The van der Waals surface area contributed by atoms with Crippen LogP contribution in [0.25, 0.3) is 0 Å². The zero-order valence-electron chi connectivity index (χ0n) is 12.0. The van der Waals surface area contributed by atoms with Crippen molar-refractivity contribution in [3.05, 3.63) is 21.9 Å². The number of nitrogens with zero attached hydrogens (tertiary/aromatic N) is 3. The summed E-state index contributed by atoms with van der Waals surface area (Å²) in [7, 11) is -0.282. The molecule has 2 heterocycles. The average molecular weight is 333 g/mol. The smallest absolute Gasteiger partial charge is 0.345 e. The van der Waals surface area contributed by atoms with E-state index in [1.807, 2.05) is 5.38 Å². The Morgan fingerprint density at radius 2 is 1.95 bits per heavy atom. The number of aromatic carboxylic acids is 1. The van der Waals surface area contributed by atoms with Crippen molar-refractivity contribution in [3.63, 3.8) is 0 Å². The number of piperazine rings is 1. The quantitative estimate of drug-likeness (QED) is 0.842. The summed E-state index contributed by atoms with van der Waals surface area (Å²) >= 11 is 1.22. The maximum atomic E-state index is 12.0. The third-order valence-electron chi connectivity index (χ3n) is 3.39.